The summed E-state index contributed by atoms with van der Waals surface area (Å²) in [5, 5.41) is 3.74. The lowest BCUT2D eigenvalue weighted by Gasteiger charge is -2.39. The number of amides is 2. The van der Waals surface area contributed by atoms with Crippen molar-refractivity contribution in [2.45, 2.75) is 53.0 Å². The van der Waals surface area contributed by atoms with Crippen LogP contribution in [0.4, 0.5) is 5.69 Å². The number of rotatable bonds is 2. The Kier molecular flexibility index (Phi) is 4.89. The summed E-state index contributed by atoms with van der Waals surface area (Å²) in [6.07, 6.45) is 3.04. The van der Waals surface area contributed by atoms with Crippen molar-refractivity contribution in [3.8, 4) is 10.6 Å². The molecule has 2 fully saturated rings. The summed E-state index contributed by atoms with van der Waals surface area (Å²) in [6.45, 7) is 9.52. The molecule has 1 aliphatic heterocycles. The van der Waals surface area contributed by atoms with Crippen LogP contribution in [-0.4, -0.2) is 34.3 Å². The monoisotopic (exact) mass is 447 g/mol. The van der Waals surface area contributed by atoms with E-state index in [-0.39, 0.29) is 16.9 Å². The number of hydrogen-bond acceptors (Lipinski definition) is 4. The molecule has 1 N–H and O–H groups in total. The van der Waals surface area contributed by atoms with Crippen LogP contribution in [0.1, 0.15) is 45.6 Å². The van der Waals surface area contributed by atoms with Gasteiger partial charge in [0.25, 0.3) is 0 Å². The second-order valence-corrected chi connectivity index (χ2v) is 11.7. The molecule has 1 aliphatic carbocycles. The van der Waals surface area contributed by atoms with E-state index in [0.29, 0.717) is 12.2 Å². The van der Waals surface area contributed by atoms with Crippen molar-refractivity contribution in [3.05, 3.63) is 48.0 Å². The van der Waals surface area contributed by atoms with Gasteiger partial charge in [0.2, 0.25) is 0 Å². The van der Waals surface area contributed by atoms with Crippen molar-refractivity contribution in [1.82, 2.24) is 9.88 Å². The van der Waals surface area contributed by atoms with Gasteiger partial charge < -0.3 is 10.2 Å². The topological polar surface area (TPSA) is 62.3 Å². The highest BCUT2D eigenvalue weighted by atomic mass is 32.1. The SMILES string of the molecule is Cc1ccc2nc(-c3ccc(NC(=O)C(=O)N4CC5(C)CC4CC(C)(C)C5)cc3)sc2c1. The summed E-state index contributed by atoms with van der Waals surface area (Å²) in [4.78, 5) is 32.2. The molecule has 32 heavy (non-hydrogen) atoms. The van der Waals surface area contributed by atoms with Crippen LogP contribution < -0.4 is 5.32 Å². The highest BCUT2D eigenvalue weighted by Crippen LogP contribution is 2.52. The van der Waals surface area contributed by atoms with Gasteiger partial charge in [-0.25, -0.2) is 4.98 Å². The van der Waals surface area contributed by atoms with Gasteiger partial charge in [-0.2, -0.15) is 0 Å². The van der Waals surface area contributed by atoms with Crippen molar-refractivity contribution < 1.29 is 9.59 Å². The summed E-state index contributed by atoms with van der Waals surface area (Å²) in [7, 11) is 0. The fourth-order valence-electron chi connectivity index (χ4n) is 5.86. The van der Waals surface area contributed by atoms with E-state index in [4.69, 9.17) is 4.98 Å². The molecule has 2 atom stereocenters. The van der Waals surface area contributed by atoms with Gasteiger partial charge >= 0.3 is 11.8 Å². The Hall–Kier alpha value is -2.73. The van der Waals surface area contributed by atoms with Crippen LogP contribution in [0.3, 0.4) is 0 Å². The predicted octanol–water partition coefficient (Wildman–Crippen LogP) is 5.64. The van der Waals surface area contributed by atoms with Gasteiger partial charge in [-0.3, -0.25) is 9.59 Å². The first kappa shape index (κ1) is 21.1. The maximum absolute atomic E-state index is 13.0. The summed E-state index contributed by atoms with van der Waals surface area (Å²) in [5.41, 5.74) is 4.15. The Morgan fingerprint density at radius 2 is 1.84 bits per heavy atom. The first-order valence-corrected chi connectivity index (χ1v) is 12.0. The van der Waals surface area contributed by atoms with Crippen molar-refractivity contribution >= 4 is 39.1 Å². The quantitative estimate of drug-likeness (QED) is 0.517. The van der Waals surface area contributed by atoms with Crippen LogP contribution in [0, 0.1) is 17.8 Å². The average Bonchev–Trinajstić information content (AvgIpc) is 3.24. The van der Waals surface area contributed by atoms with Crippen LogP contribution in [0.25, 0.3) is 20.8 Å². The molecule has 1 aromatic heterocycles. The highest BCUT2D eigenvalue weighted by molar-refractivity contribution is 7.21. The van der Waals surface area contributed by atoms with Crippen LogP contribution in [0.5, 0.6) is 0 Å². The minimum Gasteiger partial charge on any atom is -0.331 e. The molecule has 2 aliphatic rings. The summed E-state index contributed by atoms with van der Waals surface area (Å²) in [5.74, 6) is -0.968. The Balaban J connectivity index is 1.28. The standard InChI is InChI=1S/C26H29N3O2S/c1-16-5-10-20-21(11-16)32-23(28-20)17-6-8-18(9-7-17)27-22(30)24(31)29-15-26(4)13-19(29)12-25(2,3)14-26/h5-11,19H,12-15H2,1-4H3,(H,27,30). The maximum Gasteiger partial charge on any atom is 0.313 e. The Morgan fingerprint density at radius 3 is 2.59 bits per heavy atom. The van der Waals surface area contributed by atoms with Crippen LogP contribution in [0.2, 0.25) is 0 Å². The summed E-state index contributed by atoms with van der Waals surface area (Å²) < 4.78 is 1.16. The molecule has 166 valence electrons. The predicted molar refractivity (Wildman–Crippen MR) is 130 cm³/mol. The first-order valence-electron chi connectivity index (χ1n) is 11.2. The van der Waals surface area contributed by atoms with E-state index in [1.54, 1.807) is 11.3 Å². The zero-order valence-corrected chi connectivity index (χ0v) is 19.9. The van der Waals surface area contributed by atoms with Crippen LogP contribution in [0.15, 0.2) is 42.5 Å². The molecule has 0 radical (unpaired) electrons. The molecule has 2 heterocycles. The number of anilines is 1. The van der Waals surface area contributed by atoms with Crippen LogP contribution in [-0.2, 0) is 9.59 Å². The molecule has 2 aromatic carbocycles. The number of nitrogens with zero attached hydrogens (tertiary/aromatic N) is 2. The smallest absolute Gasteiger partial charge is 0.313 e. The number of hydrogen-bond donors (Lipinski definition) is 1. The zero-order valence-electron chi connectivity index (χ0n) is 19.1. The summed E-state index contributed by atoms with van der Waals surface area (Å²) in [6, 6.07) is 14.0. The minimum atomic E-state index is -0.554. The molecule has 1 saturated carbocycles. The zero-order chi connectivity index (χ0) is 22.7. The molecule has 2 amide bonds. The van der Waals surface area contributed by atoms with Crippen molar-refractivity contribution in [3.63, 3.8) is 0 Å². The average molecular weight is 448 g/mol. The van der Waals surface area contributed by atoms with Crippen molar-refractivity contribution in [2.24, 2.45) is 10.8 Å². The van der Waals surface area contributed by atoms with Gasteiger partial charge in [0, 0.05) is 23.8 Å². The Bertz CT molecular complexity index is 1210. The number of benzene rings is 2. The van der Waals surface area contributed by atoms with Gasteiger partial charge in [0.05, 0.1) is 10.2 Å². The number of fused-ring (bicyclic) bond motifs is 3. The largest absolute Gasteiger partial charge is 0.331 e. The van der Waals surface area contributed by atoms with Gasteiger partial charge in [0.1, 0.15) is 5.01 Å². The highest BCUT2D eigenvalue weighted by Gasteiger charge is 2.51. The molecule has 1 saturated heterocycles. The second kappa shape index (κ2) is 7.41. The lowest BCUT2D eigenvalue weighted by atomic mass is 9.65. The molecular weight excluding hydrogens is 418 g/mol. The van der Waals surface area contributed by atoms with E-state index in [1.807, 2.05) is 35.2 Å². The van der Waals surface area contributed by atoms with E-state index in [2.05, 4.69) is 45.1 Å². The molecule has 0 spiro atoms. The Morgan fingerprint density at radius 1 is 1.09 bits per heavy atom. The maximum atomic E-state index is 13.0. The number of nitrogens with one attached hydrogen (secondary N) is 1. The third kappa shape index (κ3) is 3.92. The number of aromatic nitrogens is 1. The number of carbonyl (C=O) groups excluding carboxylic acids is 2. The van der Waals surface area contributed by atoms with Gasteiger partial charge in [-0.05, 0) is 79.0 Å². The lowest BCUT2D eigenvalue weighted by molar-refractivity contribution is -0.144. The number of aryl methyl sites for hydroxylation is 1. The van der Waals surface area contributed by atoms with Crippen LogP contribution >= 0.6 is 11.3 Å². The number of carbonyl (C=O) groups is 2. The Labute approximate surface area is 192 Å². The third-order valence-corrected chi connectivity index (χ3v) is 7.87. The fourth-order valence-corrected chi connectivity index (χ4v) is 6.93. The number of likely N-dealkylation sites (tertiary alicyclic amines) is 1. The molecule has 6 heteroatoms. The lowest BCUT2D eigenvalue weighted by Crippen LogP contribution is -2.43. The molecule has 5 nitrogen and oxygen atoms in total. The third-order valence-electron chi connectivity index (χ3n) is 6.80. The summed E-state index contributed by atoms with van der Waals surface area (Å²) >= 11 is 1.65. The molecule has 5 rings (SSSR count). The molecular formula is C26H29N3O2S. The normalized spacial score (nSPS) is 24.0. The van der Waals surface area contributed by atoms with Gasteiger partial charge in [-0.1, -0.05) is 26.8 Å². The molecule has 2 bridgehead atoms. The van der Waals surface area contributed by atoms with Crippen molar-refractivity contribution in [2.75, 3.05) is 11.9 Å². The van der Waals surface area contributed by atoms with Gasteiger partial charge in [0.15, 0.2) is 0 Å². The molecule has 2 unspecified atom stereocenters. The molecule has 3 aromatic rings. The fraction of sp³-hybridized carbons (Fsp3) is 0.423. The van der Waals surface area contributed by atoms with E-state index in [9.17, 15) is 9.59 Å². The number of thiazole rings is 1. The van der Waals surface area contributed by atoms with E-state index in [0.717, 1.165) is 40.1 Å². The second-order valence-electron chi connectivity index (χ2n) is 10.7. The van der Waals surface area contributed by atoms with E-state index < -0.39 is 11.8 Å². The van der Waals surface area contributed by atoms with Gasteiger partial charge in [-0.15, -0.1) is 11.3 Å². The van der Waals surface area contributed by atoms with E-state index in [1.165, 1.54) is 5.56 Å². The minimum absolute atomic E-state index is 0.111. The van der Waals surface area contributed by atoms with Crippen molar-refractivity contribution in [1.29, 1.82) is 0 Å². The van der Waals surface area contributed by atoms with E-state index >= 15 is 0 Å². The first-order chi connectivity index (χ1) is 15.1.